The molecule has 1 N–H and O–H groups in total. The molecule has 0 bridgehead atoms. The van der Waals surface area contributed by atoms with E-state index in [1.54, 1.807) is 6.07 Å². The first-order chi connectivity index (χ1) is 14.9. The van der Waals surface area contributed by atoms with Gasteiger partial charge in [-0.15, -0.1) is 0 Å². The fourth-order valence-electron chi connectivity index (χ4n) is 3.88. The van der Waals surface area contributed by atoms with Crippen LogP contribution in [0.15, 0.2) is 47.4 Å². The number of morpholine rings is 1. The molecule has 0 atom stereocenters. The Labute approximate surface area is 181 Å². The lowest BCUT2D eigenvalue weighted by Crippen LogP contribution is -2.35. The third kappa shape index (κ3) is 4.95. The number of ether oxygens (including phenoxy) is 1. The number of halogens is 1. The van der Waals surface area contributed by atoms with E-state index >= 15 is 0 Å². The van der Waals surface area contributed by atoms with E-state index < -0.39 is 26.6 Å². The molecule has 0 spiro atoms. The molecule has 2 aliphatic heterocycles. The maximum atomic E-state index is 14.4. The van der Waals surface area contributed by atoms with Crippen molar-refractivity contribution in [2.75, 3.05) is 44.7 Å². The minimum absolute atomic E-state index is 0.0975. The summed E-state index contributed by atoms with van der Waals surface area (Å²) in [4.78, 5) is 14.7. The molecule has 9 heteroatoms. The minimum atomic E-state index is -3.97. The molecule has 7 nitrogen and oxygen atoms in total. The molecule has 2 saturated heterocycles. The van der Waals surface area contributed by atoms with Gasteiger partial charge in [0, 0.05) is 44.0 Å². The lowest BCUT2D eigenvalue weighted by atomic mass is 10.1. The zero-order valence-corrected chi connectivity index (χ0v) is 18.0. The van der Waals surface area contributed by atoms with Crippen LogP contribution < -0.4 is 5.32 Å². The van der Waals surface area contributed by atoms with Gasteiger partial charge in [-0.1, -0.05) is 18.2 Å². The van der Waals surface area contributed by atoms with Crippen LogP contribution in [0.3, 0.4) is 0 Å². The van der Waals surface area contributed by atoms with Crippen LogP contribution in [-0.4, -0.2) is 62.9 Å². The van der Waals surface area contributed by atoms with Crippen LogP contribution in [0.2, 0.25) is 0 Å². The smallest absolute Gasteiger partial charge is 0.255 e. The summed E-state index contributed by atoms with van der Waals surface area (Å²) < 4.78 is 46.6. The Kier molecular flexibility index (Phi) is 6.66. The molecule has 2 aromatic carbocycles. The van der Waals surface area contributed by atoms with Gasteiger partial charge in [0.05, 0.1) is 13.2 Å². The second-order valence-electron chi connectivity index (χ2n) is 7.76. The van der Waals surface area contributed by atoms with Crippen LogP contribution in [0.25, 0.3) is 0 Å². The van der Waals surface area contributed by atoms with Gasteiger partial charge < -0.3 is 10.1 Å². The van der Waals surface area contributed by atoms with Crippen molar-refractivity contribution in [3.63, 3.8) is 0 Å². The number of amides is 1. The van der Waals surface area contributed by atoms with E-state index in [1.165, 1.54) is 10.4 Å². The van der Waals surface area contributed by atoms with Gasteiger partial charge >= 0.3 is 0 Å². The summed E-state index contributed by atoms with van der Waals surface area (Å²) in [6.07, 6.45) is 1.50. The van der Waals surface area contributed by atoms with Gasteiger partial charge in [0.1, 0.15) is 10.7 Å². The molecule has 2 aliphatic rings. The maximum Gasteiger partial charge on any atom is 0.255 e. The monoisotopic (exact) mass is 447 g/mol. The number of para-hydroxylation sites is 1. The highest BCUT2D eigenvalue weighted by molar-refractivity contribution is 7.89. The molecule has 0 radical (unpaired) electrons. The molecule has 2 heterocycles. The number of nitrogens with zero attached hydrogens (tertiary/aromatic N) is 2. The van der Waals surface area contributed by atoms with E-state index in [2.05, 4.69) is 10.2 Å². The van der Waals surface area contributed by atoms with Gasteiger partial charge in [-0.3, -0.25) is 9.69 Å². The Morgan fingerprint density at radius 1 is 1.03 bits per heavy atom. The number of rotatable bonds is 6. The molecule has 0 saturated carbocycles. The number of hydrogen-bond acceptors (Lipinski definition) is 5. The summed E-state index contributed by atoms with van der Waals surface area (Å²) in [5, 5.41) is 2.86. The average molecular weight is 448 g/mol. The lowest BCUT2D eigenvalue weighted by molar-refractivity contribution is 0.0342. The molecule has 31 heavy (non-hydrogen) atoms. The van der Waals surface area contributed by atoms with Crippen LogP contribution in [0.4, 0.5) is 10.1 Å². The summed E-state index contributed by atoms with van der Waals surface area (Å²) in [5.74, 6) is -1.33. The summed E-state index contributed by atoms with van der Waals surface area (Å²) in [7, 11) is -3.97. The Morgan fingerprint density at radius 3 is 2.48 bits per heavy atom. The zero-order chi connectivity index (χ0) is 21.8. The van der Waals surface area contributed by atoms with Crippen molar-refractivity contribution in [3.8, 4) is 0 Å². The average Bonchev–Trinajstić information content (AvgIpc) is 3.32. The Hall–Kier alpha value is -2.33. The predicted molar refractivity (Wildman–Crippen MR) is 115 cm³/mol. The Morgan fingerprint density at radius 2 is 1.74 bits per heavy atom. The highest BCUT2D eigenvalue weighted by Gasteiger charge is 2.30. The van der Waals surface area contributed by atoms with Crippen molar-refractivity contribution < 1.29 is 22.3 Å². The quantitative estimate of drug-likeness (QED) is 0.737. The number of hydrogen-bond donors (Lipinski definition) is 1. The van der Waals surface area contributed by atoms with Gasteiger partial charge in [0.15, 0.2) is 0 Å². The molecule has 0 unspecified atom stereocenters. The van der Waals surface area contributed by atoms with E-state index in [1.807, 2.05) is 18.2 Å². The summed E-state index contributed by atoms with van der Waals surface area (Å²) in [5.41, 5.74) is 1.69. The van der Waals surface area contributed by atoms with E-state index in [0.717, 1.165) is 43.6 Å². The Bertz CT molecular complexity index is 1050. The van der Waals surface area contributed by atoms with Crippen molar-refractivity contribution in [3.05, 3.63) is 59.4 Å². The van der Waals surface area contributed by atoms with Gasteiger partial charge in [-0.25, -0.2) is 12.8 Å². The van der Waals surface area contributed by atoms with E-state index in [0.29, 0.717) is 38.5 Å². The highest BCUT2D eigenvalue weighted by Crippen LogP contribution is 2.25. The third-order valence-electron chi connectivity index (χ3n) is 5.64. The first-order valence-corrected chi connectivity index (χ1v) is 11.9. The van der Waals surface area contributed by atoms with Crippen molar-refractivity contribution in [1.82, 2.24) is 9.21 Å². The fourth-order valence-corrected chi connectivity index (χ4v) is 5.49. The van der Waals surface area contributed by atoms with Gasteiger partial charge in [-0.05, 0) is 42.7 Å². The number of benzene rings is 2. The molecular weight excluding hydrogens is 421 g/mol. The highest BCUT2D eigenvalue weighted by atomic mass is 32.2. The van der Waals surface area contributed by atoms with Gasteiger partial charge in [-0.2, -0.15) is 4.31 Å². The maximum absolute atomic E-state index is 14.4. The number of sulfonamides is 1. The second-order valence-corrected chi connectivity index (χ2v) is 9.66. The first kappa shape index (κ1) is 21.9. The Balaban J connectivity index is 1.54. The van der Waals surface area contributed by atoms with Crippen molar-refractivity contribution >= 4 is 21.6 Å². The molecule has 1 amide bonds. The van der Waals surface area contributed by atoms with Crippen LogP contribution >= 0.6 is 0 Å². The van der Waals surface area contributed by atoms with E-state index in [-0.39, 0.29) is 5.56 Å². The largest absolute Gasteiger partial charge is 0.379 e. The standard InChI is InChI=1S/C22H26FN3O4S/c23-19-8-7-17(15-21(19)31(28,29)26-9-3-4-10-26)22(27)24-20-6-2-1-5-18(20)16-25-11-13-30-14-12-25/h1-2,5-8,15H,3-4,9-14,16H2,(H,24,27). The normalized spacial score (nSPS) is 18.2. The van der Waals surface area contributed by atoms with Crippen molar-refractivity contribution in [2.45, 2.75) is 24.3 Å². The van der Waals surface area contributed by atoms with Crippen molar-refractivity contribution in [2.24, 2.45) is 0 Å². The number of anilines is 1. The SMILES string of the molecule is O=C(Nc1ccccc1CN1CCOCC1)c1ccc(F)c(S(=O)(=O)N2CCCC2)c1. The summed E-state index contributed by atoms with van der Waals surface area (Å²) in [6, 6.07) is 11.0. The predicted octanol–water partition coefficient (Wildman–Crippen LogP) is 2.69. The summed E-state index contributed by atoms with van der Waals surface area (Å²) in [6.45, 7) is 4.39. The molecule has 0 aromatic heterocycles. The van der Waals surface area contributed by atoms with Crippen LogP contribution in [-0.2, 0) is 21.3 Å². The van der Waals surface area contributed by atoms with Gasteiger partial charge in [0.2, 0.25) is 10.0 Å². The van der Waals surface area contributed by atoms with Gasteiger partial charge in [0.25, 0.3) is 5.91 Å². The molecule has 2 fully saturated rings. The lowest BCUT2D eigenvalue weighted by Gasteiger charge is -2.27. The third-order valence-corrected chi connectivity index (χ3v) is 7.55. The van der Waals surface area contributed by atoms with E-state index in [4.69, 9.17) is 4.74 Å². The van der Waals surface area contributed by atoms with Crippen molar-refractivity contribution in [1.29, 1.82) is 0 Å². The second kappa shape index (κ2) is 9.44. The van der Waals surface area contributed by atoms with Crippen LogP contribution in [0.5, 0.6) is 0 Å². The first-order valence-electron chi connectivity index (χ1n) is 10.4. The van der Waals surface area contributed by atoms with Crippen LogP contribution in [0.1, 0.15) is 28.8 Å². The zero-order valence-electron chi connectivity index (χ0n) is 17.2. The van der Waals surface area contributed by atoms with Crippen LogP contribution in [0, 0.1) is 5.82 Å². The van der Waals surface area contributed by atoms with E-state index in [9.17, 15) is 17.6 Å². The molecular formula is C22H26FN3O4S. The molecule has 2 aromatic rings. The number of nitrogens with one attached hydrogen (secondary N) is 1. The molecule has 4 rings (SSSR count). The molecule has 166 valence electrons. The summed E-state index contributed by atoms with van der Waals surface area (Å²) >= 11 is 0. The topological polar surface area (TPSA) is 79.0 Å². The molecule has 0 aliphatic carbocycles. The number of carbonyl (C=O) groups is 1. The number of carbonyl (C=O) groups excluding carboxylic acids is 1. The fraction of sp³-hybridized carbons (Fsp3) is 0.409. The minimum Gasteiger partial charge on any atom is -0.379 e.